The van der Waals surface area contributed by atoms with Gasteiger partial charge in [-0.2, -0.15) is 0 Å². The Hall–Kier alpha value is -2.14. The molecule has 1 atom stereocenters. The lowest BCUT2D eigenvalue weighted by atomic mass is 10.0. The first-order valence-corrected chi connectivity index (χ1v) is 7.66. The minimum absolute atomic E-state index is 0.322. The molecule has 0 aliphatic rings. The Bertz CT molecular complexity index is 683. The minimum atomic E-state index is -0.741. The van der Waals surface area contributed by atoms with Crippen molar-refractivity contribution < 1.29 is 9.59 Å². The Labute approximate surface area is 137 Å². The van der Waals surface area contributed by atoms with Gasteiger partial charge >= 0.3 is 0 Å². The summed E-state index contributed by atoms with van der Waals surface area (Å²) >= 11 is 3.31. The van der Waals surface area contributed by atoms with Gasteiger partial charge in [0.25, 0.3) is 5.91 Å². The molecule has 114 valence electrons. The first-order chi connectivity index (χ1) is 10.5. The van der Waals surface area contributed by atoms with Crippen LogP contribution in [0.5, 0.6) is 0 Å². The van der Waals surface area contributed by atoms with E-state index in [1.165, 1.54) is 0 Å². The second-order valence-corrected chi connectivity index (χ2v) is 6.04. The number of hydrogen-bond donors (Lipinski definition) is 2. The Morgan fingerprint density at radius 2 is 1.86 bits per heavy atom. The summed E-state index contributed by atoms with van der Waals surface area (Å²) in [7, 11) is 0. The van der Waals surface area contributed by atoms with Gasteiger partial charge in [0.2, 0.25) is 5.91 Å². The van der Waals surface area contributed by atoms with Gasteiger partial charge < -0.3 is 11.1 Å². The van der Waals surface area contributed by atoms with E-state index < -0.39 is 11.9 Å². The molecule has 2 aromatic rings. The number of benzene rings is 2. The Morgan fingerprint density at radius 3 is 2.45 bits per heavy atom. The van der Waals surface area contributed by atoms with Crippen LogP contribution >= 0.6 is 15.9 Å². The van der Waals surface area contributed by atoms with Gasteiger partial charge in [-0.05, 0) is 30.7 Å². The number of hydrogen-bond acceptors (Lipinski definition) is 2. The van der Waals surface area contributed by atoms with Crippen molar-refractivity contribution in [3.05, 3.63) is 69.7 Å². The number of carbonyl (C=O) groups excluding carboxylic acids is 2. The third-order valence-electron chi connectivity index (χ3n) is 3.30. The van der Waals surface area contributed by atoms with Gasteiger partial charge in [0.15, 0.2) is 0 Å². The average molecular weight is 361 g/mol. The lowest BCUT2D eigenvalue weighted by Gasteiger charge is -2.16. The molecule has 2 amide bonds. The second kappa shape index (κ2) is 7.22. The molecule has 22 heavy (non-hydrogen) atoms. The fourth-order valence-electron chi connectivity index (χ4n) is 2.05. The van der Waals surface area contributed by atoms with Crippen molar-refractivity contribution in [3.8, 4) is 0 Å². The molecule has 0 aliphatic carbocycles. The molecule has 0 aromatic heterocycles. The highest BCUT2D eigenvalue weighted by molar-refractivity contribution is 9.10. The first kappa shape index (κ1) is 16.2. The normalized spacial score (nSPS) is 11.7. The monoisotopic (exact) mass is 360 g/mol. The van der Waals surface area contributed by atoms with Crippen LogP contribution in [0.2, 0.25) is 0 Å². The molecular weight excluding hydrogens is 344 g/mol. The summed E-state index contributed by atoms with van der Waals surface area (Å²) < 4.78 is 0.800. The molecule has 4 nitrogen and oxygen atoms in total. The van der Waals surface area contributed by atoms with E-state index in [4.69, 9.17) is 5.73 Å². The predicted molar refractivity (Wildman–Crippen MR) is 89.5 cm³/mol. The summed E-state index contributed by atoms with van der Waals surface area (Å²) in [5.74, 6) is -0.874. The Balaban J connectivity index is 2.10. The Morgan fingerprint density at radius 1 is 1.18 bits per heavy atom. The van der Waals surface area contributed by atoms with Crippen molar-refractivity contribution in [2.24, 2.45) is 5.73 Å². The average Bonchev–Trinajstić information content (AvgIpc) is 2.48. The molecule has 0 radical (unpaired) electrons. The highest BCUT2D eigenvalue weighted by Crippen LogP contribution is 2.12. The number of carbonyl (C=O) groups is 2. The minimum Gasteiger partial charge on any atom is -0.368 e. The molecular formula is C17H17BrN2O2. The zero-order valence-electron chi connectivity index (χ0n) is 12.2. The van der Waals surface area contributed by atoms with E-state index in [1.807, 2.05) is 37.3 Å². The van der Waals surface area contributed by atoms with Crippen molar-refractivity contribution in [1.29, 1.82) is 0 Å². The van der Waals surface area contributed by atoms with Crippen LogP contribution in [0, 0.1) is 6.92 Å². The van der Waals surface area contributed by atoms with Crippen LogP contribution in [0.1, 0.15) is 21.5 Å². The van der Waals surface area contributed by atoms with Crippen LogP contribution in [0.3, 0.4) is 0 Å². The van der Waals surface area contributed by atoms with Gasteiger partial charge in [-0.25, -0.2) is 0 Å². The number of amides is 2. The number of primary amides is 1. The third-order valence-corrected chi connectivity index (χ3v) is 3.79. The SMILES string of the molecule is Cc1ccc(C[C@@H](NC(=O)c2cccc(Br)c2)C(N)=O)cc1. The first-order valence-electron chi connectivity index (χ1n) is 6.87. The maximum Gasteiger partial charge on any atom is 0.251 e. The molecule has 5 heteroatoms. The number of halogens is 1. The third kappa shape index (κ3) is 4.43. The highest BCUT2D eigenvalue weighted by Gasteiger charge is 2.19. The van der Waals surface area contributed by atoms with Crippen molar-refractivity contribution in [2.45, 2.75) is 19.4 Å². The molecule has 0 bridgehead atoms. The quantitative estimate of drug-likeness (QED) is 0.859. The zero-order valence-corrected chi connectivity index (χ0v) is 13.8. The summed E-state index contributed by atoms with van der Waals surface area (Å²) in [5, 5.41) is 2.69. The number of aryl methyl sites for hydroxylation is 1. The molecule has 2 aromatic carbocycles. The van der Waals surface area contributed by atoms with Crippen LogP contribution in [0.25, 0.3) is 0 Å². The van der Waals surface area contributed by atoms with Crippen molar-refractivity contribution in [1.82, 2.24) is 5.32 Å². The zero-order chi connectivity index (χ0) is 16.1. The largest absolute Gasteiger partial charge is 0.368 e. The van der Waals surface area contributed by atoms with Crippen LogP contribution in [-0.2, 0) is 11.2 Å². The number of nitrogens with one attached hydrogen (secondary N) is 1. The van der Waals surface area contributed by atoms with Crippen LogP contribution in [0.4, 0.5) is 0 Å². The molecule has 0 fully saturated rings. The van der Waals surface area contributed by atoms with E-state index in [0.717, 1.165) is 15.6 Å². The Kier molecular flexibility index (Phi) is 5.33. The standard InChI is InChI=1S/C17H17BrN2O2/c1-11-5-7-12(8-6-11)9-15(16(19)21)20-17(22)13-3-2-4-14(18)10-13/h2-8,10,15H,9H2,1H3,(H2,19,21)(H,20,22)/t15-/m1/s1. The van der Waals surface area contributed by atoms with Gasteiger partial charge in [0.1, 0.15) is 6.04 Å². The van der Waals surface area contributed by atoms with Crippen molar-refractivity contribution in [2.75, 3.05) is 0 Å². The molecule has 0 aliphatic heterocycles. The van der Waals surface area contributed by atoms with Crippen LogP contribution < -0.4 is 11.1 Å². The van der Waals surface area contributed by atoms with E-state index in [0.29, 0.717) is 12.0 Å². The lowest BCUT2D eigenvalue weighted by Crippen LogP contribution is -2.45. The van der Waals surface area contributed by atoms with Gasteiger partial charge in [-0.15, -0.1) is 0 Å². The summed E-state index contributed by atoms with van der Waals surface area (Å²) in [6, 6.07) is 14.0. The molecule has 0 heterocycles. The maximum absolute atomic E-state index is 12.2. The second-order valence-electron chi connectivity index (χ2n) is 5.13. The van der Waals surface area contributed by atoms with Crippen LogP contribution in [0.15, 0.2) is 53.0 Å². The van der Waals surface area contributed by atoms with E-state index in [2.05, 4.69) is 21.2 Å². The highest BCUT2D eigenvalue weighted by atomic mass is 79.9. The number of rotatable bonds is 5. The molecule has 0 unspecified atom stereocenters. The summed E-state index contributed by atoms with van der Waals surface area (Å²) in [4.78, 5) is 23.8. The van der Waals surface area contributed by atoms with Gasteiger partial charge in [-0.3, -0.25) is 9.59 Å². The lowest BCUT2D eigenvalue weighted by molar-refractivity contribution is -0.119. The van der Waals surface area contributed by atoms with E-state index in [1.54, 1.807) is 18.2 Å². The van der Waals surface area contributed by atoms with Crippen LogP contribution in [-0.4, -0.2) is 17.9 Å². The van der Waals surface area contributed by atoms with E-state index >= 15 is 0 Å². The smallest absolute Gasteiger partial charge is 0.251 e. The molecule has 0 saturated heterocycles. The summed E-state index contributed by atoms with van der Waals surface area (Å²) in [6.45, 7) is 1.99. The van der Waals surface area contributed by atoms with E-state index in [-0.39, 0.29) is 5.91 Å². The molecule has 3 N–H and O–H groups in total. The molecule has 0 saturated carbocycles. The van der Waals surface area contributed by atoms with Crippen molar-refractivity contribution in [3.63, 3.8) is 0 Å². The fraction of sp³-hybridized carbons (Fsp3) is 0.176. The maximum atomic E-state index is 12.2. The molecule has 0 spiro atoms. The molecule has 2 rings (SSSR count). The van der Waals surface area contributed by atoms with Gasteiger partial charge in [0.05, 0.1) is 0 Å². The number of nitrogens with two attached hydrogens (primary N) is 1. The summed E-state index contributed by atoms with van der Waals surface area (Å²) in [5.41, 5.74) is 7.97. The summed E-state index contributed by atoms with van der Waals surface area (Å²) in [6.07, 6.45) is 0.370. The van der Waals surface area contributed by atoms with Gasteiger partial charge in [-0.1, -0.05) is 51.8 Å². The van der Waals surface area contributed by atoms with E-state index in [9.17, 15) is 9.59 Å². The topological polar surface area (TPSA) is 72.2 Å². The fourth-order valence-corrected chi connectivity index (χ4v) is 2.45. The predicted octanol–water partition coefficient (Wildman–Crippen LogP) is 2.58. The van der Waals surface area contributed by atoms with Gasteiger partial charge in [0, 0.05) is 16.5 Å². The van der Waals surface area contributed by atoms with Crippen molar-refractivity contribution >= 4 is 27.7 Å².